The summed E-state index contributed by atoms with van der Waals surface area (Å²) in [6, 6.07) is 20.2. The van der Waals surface area contributed by atoms with Crippen LogP contribution in [0.2, 0.25) is 0 Å². The molecule has 6 heteroatoms. The molecule has 6 nitrogen and oxygen atoms in total. The van der Waals surface area contributed by atoms with Crippen molar-refractivity contribution >= 4 is 0 Å². The average molecular weight is 422 g/mol. The summed E-state index contributed by atoms with van der Waals surface area (Å²) < 4.78 is 1.54. The van der Waals surface area contributed by atoms with E-state index in [1.54, 1.807) is 0 Å². The zero-order valence-corrected chi connectivity index (χ0v) is 18.2. The summed E-state index contributed by atoms with van der Waals surface area (Å²) in [5, 5.41) is 23.3. The highest BCUT2D eigenvalue weighted by atomic mass is 16.3. The van der Waals surface area contributed by atoms with Gasteiger partial charge in [0.2, 0.25) is 0 Å². The number of rotatable bonds is 10. The molecule has 0 amide bonds. The summed E-state index contributed by atoms with van der Waals surface area (Å²) in [4.78, 5) is 14.9. The SMILES string of the molecule is CC(C)Cn1nc(-c2ccc(-c3ccccc3)cc2)cc(CN(CCO)CCO)c1=O. The van der Waals surface area contributed by atoms with Crippen LogP contribution in [0, 0.1) is 5.92 Å². The van der Waals surface area contributed by atoms with E-state index in [1.807, 2.05) is 41.3 Å². The van der Waals surface area contributed by atoms with Crippen molar-refractivity contribution in [2.24, 2.45) is 5.92 Å². The van der Waals surface area contributed by atoms with Crippen LogP contribution in [0.15, 0.2) is 65.5 Å². The summed E-state index contributed by atoms with van der Waals surface area (Å²) in [5.74, 6) is 0.278. The molecule has 0 unspecified atom stereocenters. The van der Waals surface area contributed by atoms with Crippen LogP contribution in [0.4, 0.5) is 0 Å². The molecule has 0 fully saturated rings. The Morgan fingerprint density at radius 3 is 2.06 bits per heavy atom. The quantitative estimate of drug-likeness (QED) is 0.526. The molecular weight excluding hydrogens is 390 g/mol. The molecule has 0 aliphatic heterocycles. The van der Waals surface area contributed by atoms with Crippen LogP contribution in [0.1, 0.15) is 19.4 Å². The highest BCUT2D eigenvalue weighted by Gasteiger charge is 2.14. The van der Waals surface area contributed by atoms with Gasteiger partial charge in [-0.05, 0) is 23.1 Å². The molecule has 1 heterocycles. The van der Waals surface area contributed by atoms with Crippen LogP contribution in [0.5, 0.6) is 0 Å². The Morgan fingerprint density at radius 2 is 1.48 bits per heavy atom. The van der Waals surface area contributed by atoms with Crippen LogP contribution in [0.25, 0.3) is 22.4 Å². The summed E-state index contributed by atoms with van der Waals surface area (Å²) in [6.07, 6.45) is 0. The van der Waals surface area contributed by atoms with E-state index in [2.05, 4.69) is 43.2 Å². The number of benzene rings is 2. The normalized spacial score (nSPS) is 11.4. The third-order valence-corrected chi connectivity index (χ3v) is 5.10. The lowest BCUT2D eigenvalue weighted by Gasteiger charge is -2.21. The van der Waals surface area contributed by atoms with Gasteiger partial charge in [-0.15, -0.1) is 0 Å². The standard InChI is InChI=1S/C25H31N3O3/c1-19(2)17-28-25(31)23(18-27(12-14-29)13-15-30)16-24(26-28)22-10-8-21(9-11-22)20-6-4-3-5-7-20/h3-11,16,19,29-30H,12-15,17-18H2,1-2H3. The first-order valence-corrected chi connectivity index (χ1v) is 10.7. The topological polar surface area (TPSA) is 78.6 Å². The molecule has 164 valence electrons. The van der Waals surface area contributed by atoms with Gasteiger partial charge in [-0.3, -0.25) is 9.69 Å². The maximum absolute atomic E-state index is 13.0. The van der Waals surface area contributed by atoms with Gasteiger partial charge in [0.1, 0.15) is 0 Å². The van der Waals surface area contributed by atoms with Crippen molar-refractivity contribution in [1.29, 1.82) is 0 Å². The van der Waals surface area contributed by atoms with Gasteiger partial charge in [-0.2, -0.15) is 5.10 Å². The molecular formula is C25H31N3O3. The van der Waals surface area contributed by atoms with E-state index >= 15 is 0 Å². The molecule has 3 aromatic rings. The van der Waals surface area contributed by atoms with Crippen molar-refractivity contribution in [2.45, 2.75) is 26.9 Å². The van der Waals surface area contributed by atoms with Crippen LogP contribution in [0.3, 0.4) is 0 Å². The van der Waals surface area contributed by atoms with Gasteiger partial charge < -0.3 is 10.2 Å². The molecule has 0 radical (unpaired) electrons. The van der Waals surface area contributed by atoms with Crippen LogP contribution < -0.4 is 5.56 Å². The minimum Gasteiger partial charge on any atom is -0.395 e. The average Bonchev–Trinajstić information content (AvgIpc) is 2.77. The van der Waals surface area contributed by atoms with Gasteiger partial charge in [0.05, 0.1) is 18.9 Å². The number of nitrogens with zero attached hydrogens (tertiary/aromatic N) is 3. The first-order chi connectivity index (χ1) is 15.0. The molecule has 31 heavy (non-hydrogen) atoms. The summed E-state index contributed by atoms with van der Waals surface area (Å²) >= 11 is 0. The number of aliphatic hydroxyl groups is 2. The van der Waals surface area contributed by atoms with Gasteiger partial charge in [0.25, 0.3) is 5.56 Å². The van der Waals surface area contributed by atoms with E-state index in [0.29, 0.717) is 31.7 Å². The maximum Gasteiger partial charge on any atom is 0.271 e. The van der Waals surface area contributed by atoms with E-state index in [-0.39, 0.29) is 24.7 Å². The fourth-order valence-corrected chi connectivity index (χ4v) is 3.58. The Hall–Kier alpha value is -2.80. The number of hydrogen-bond donors (Lipinski definition) is 2. The molecule has 0 aliphatic rings. The summed E-state index contributed by atoms with van der Waals surface area (Å²) in [7, 11) is 0. The van der Waals surface area contributed by atoms with E-state index in [0.717, 1.165) is 22.4 Å². The predicted molar refractivity (Wildman–Crippen MR) is 124 cm³/mol. The van der Waals surface area contributed by atoms with E-state index in [4.69, 9.17) is 0 Å². The summed E-state index contributed by atoms with van der Waals surface area (Å²) in [5.41, 5.74) is 4.43. The number of hydrogen-bond acceptors (Lipinski definition) is 5. The van der Waals surface area contributed by atoms with E-state index < -0.39 is 0 Å². The van der Waals surface area contributed by atoms with Gasteiger partial charge in [-0.1, -0.05) is 68.4 Å². The predicted octanol–water partition coefficient (Wildman–Crippen LogP) is 3.02. The van der Waals surface area contributed by atoms with Crippen LogP contribution >= 0.6 is 0 Å². The van der Waals surface area contributed by atoms with Crippen molar-refractivity contribution < 1.29 is 10.2 Å². The lowest BCUT2D eigenvalue weighted by atomic mass is 10.0. The van der Waals surface area contributed by atoms with Crippen molar-refractivity contribution in [3.63, 3.8) is 0 Å². The monoisotopic (exact) mass is 421 g/mol. The molecule has 0 bridgehead atoms. The zero-order valence-electron chi connectivity index (χ0n) is 18.2. The molecule has 0 spiro atoms. The molecule has 0 saturated carbocycles. The Labute approximate surface area is 183 Å². The third kappa shape index (κ3) is 6.10. The molecule has 0 atom stereocenters. The first kappa shape index (κ1) is 22.9. The fraction of sp³-hybridized carbons (Fsp3) is 0.360. The molecule has 2 N–H and O–H groups in total. The largest absolute Gasteiger partial charge is 0.395 e. The van der Waals surface area contributed by atoms with Gasteiger partial charge >= 0.3 is 0 Å². The van der Waals surface area contributed by atoms with Gasteiger partial charge in [0.15, 0.2) is 0 Å². The Morgan fingerprint density at radius 1 is 0.903 bits per heavy atom. The lowest BCUT2D eigenvalue weighted by molar-refractivity contribution is 0.155. The minimum atomic E-state index is -0.126. The molecule has 2 aromatic carbocycles. The fourth-order valence-electron chi connectivity index (χ4n) is 3.58. The Balaban J connectivity index is 1.98. The number of aliphatic hydroxyl groups excluding tert-OH is 2. The smallest absolute Gasteiger partial charge is 0.271 e. The Bertz CT molecular complexity index is 1010. The van der Waals surface area contributed by atoms with Crippen molar-refractivity contribution in [1.82, 2.24) is 14.7 Å². The van der Waals surface area contributed by atoms with Gasteiger partial charge in [0, 0.05) is 37.3 Å². The third-order valence-electron chi connectivity index (χ3n) is 5.10. The molecule has 1 aromatic heterocycles. The number of aromatic nitrogens is 2. The second kappa shape index (κ2) is 11.0. The molecule has 3 rings (SSSR count). The summed E-state index contributed by atoms with van der Waals surface area (Å²) in [6.45, 7) is 5.73. The second-order valence-corrected chi connectivity index (χ2v) is 8.10. The van der Waals surface area contributed by atoms with Crippen LogP contribution in [-0.2, 0) is 13.1 Å². The Kier molecular flexibility index (Phi) is 8.12. The van der Waals surface area contributed by atoms with Gasteiger partial charge in [-0.25, -0.2) is 4.68 Å². The molecule has 0 aliphatic carbocycles. The lowest BCUT2D eigenvalue weighted by Crippen LogP contribution is -2.35. The second-order valence-electron chi connectivity index (χ2n) is 8.10. The maximum atomic E-state index is 13.0. The minimum absolute atomic E-state index is 0.0287. The zero-order chi connectivity index (χ0) is 22.2. The van der Waals surface area contributed by atoms with Crippen molar-refractivity contribution in [3.05, 3.63) is 76.6 Å². The van der Waals surface area contributed by atoms with Crippen molar-refractivity contribution in [2.75, 3.05) is 26.3 Å². The molecule has 0 saturated heterocycles. The highest BCUT2D eigenvalue weighted by Crippen LogP contribution is 2.24. The van der Waals surface area contributed by atoms with E-state index in [1.165, 1.54) is 4.68 Å². The highest BCUT2D eigenvalue weighted by molar-refractivity contribution is 5.68. The van der Waals surface area contributed by atoms with Crippen LogP contribution in [-0.4, -0.2) is 51.2 Å². The van der Waals surface area contributed by atoms with Crippen molar-refractivity contribution in [3.8, 4) is 22.4 Å². The van der Waals surface area contributed by atoms with E-state index in [9.17, 15) is 15.0 Å². The first-order valence-electron chi connectivity index (χ1n) is 10.7.